The molecule has 0 fully saturated rings. The van der Waals surface area contributed by atoms with E-state index < -0.39 is 5.60 Å². The normalized spacial score (nSPS) is 28.0. The lowest BCUT2D eigenvalue weighted by atomic mass is 9.90. The lowest BCUT2D eigenvalue weighted by molar-refractivity contribution is -0.133. The van der Waals surface area contributed by atoms with E-state index in [2.05, 4.69) is 6.08 Å². The molecule has 0 aromatic rings. The number of hydrogen-bond acceptors (Lipinski definition) is 3. The molecule has 0 amide bonds. The molecule has 1 unspecified atom stereocenters. The quantitative estimate of drug-likeness (QED) is 0.655. The van der Waals surface area contributed by atoms with Crippen LogP contribution in [0.3, 0.4) is 0 Å². The van der Waals surface area contributed by atoms with E-state index in [0.29, 0.717) is 0 Å². The monoisotopic (exact) mass is 167 g/mol. The van der Waals surface area contributed by atoms with Crippen LogP contribution in [0.5, 0.6) is 0 Å². The maximum Gasteiger partial charge on any atom is 0.192 e. The maximum absolute atomic E-state index is 11.3. The Labute approximate surface area is 71.3 Å². The predicted molar refractivity (Wildman–Crippen MR) is 43.4 cm³/mol. The molecule has 0 bridgehead atoms. The van der Waals surface area contributed by atoms with Gasteiger partial charge in [-0.25, -0.2) is 0 Å². The number of ether oxygens (including phenoxy) is 1. The number of allylic oxidation sites excluding steroid dienone is 2. The van der Waals surface area contributed by atoms with E-state index in [-0.39, 0.29) is 18.8 Å². The summed E-state index contributed by atoms with van der Waals surface area (Å²) in [6, 6.07) is 0. The molecular formula is C9H11O3. The zero-order valence-corrected chi connectivity index (χ0v) is 6.91. The van der Waals surface area contributed by atoms with Crippen LogP contribution < -0.4 is 0 Å². The van der Waals surface area contributed by atoms with Crippen LogP contribution in [0.1, 0.15) is 6.42 Å². The Hall–Kier alpha value is -0.930. The Balaban J connectivity index is 2.84. The van der Waals surface area contributed by atoms with E-state index >= 15 is 0 Å². The first kappa shape index (κ1) is 9.16. The van der Waals surface area contributed by atoms with Gasteiger partial charge in [-0.2, -0.15) is 0 Å². The summed E-state index contributed by atoms with van der Waals surface area (Å²) in [6.45, 7) is -0.0890. The molecule has 0 aromatic heterocycles. The summed E-state index contributed by atoms with van der Waals surface area (Å²) >= 11 is 0. The Kier molecular flexibility index (Phi) is 2.78. The summed E-state index contributed by atoms with van der Waals surface area (Å²) in [5.41, 5.74) is -1.05. The topological polar surface area (TPSA) is 46.5 Å². The lowest BCUT2D eigenvalue weighted by Gasteiger charge is -2.26. The van der Waals surface area contributed by atoms with Gasteiger partial charge in [-0.15, -0.1) is 0 Å². The van der Waals surface area contributed by atoms with Crippen molar-refractivity contribution in [3.8, 4) is 0 Å². The van der Waals surface area contributed by atoms with E-state index in [9.17, 15) is 4.79 Å². The van der Waals surface area contributed by atoms with E-state index in [1.165, 1.54) is 13.2 Å². The molecule has 1 aliphatic carbocycles. The first-order valence-electron chi connectivity index (χ1n) is 3.73. The molecule has 3 heteroatoms. The van der Waals surface area contributed by atoms with Crippen molar-refractivity contribution in [3.63, 3.8) is 0 Å². The van der Waals surface area contributed by atoms with E-state index in [0.717, 1.165) is 0 Å². The Morgan fingerprint density at radius 1 is 1.75 bits per heavy atom. The van der Waals surface area contributed by atoms with Crippen LogP contribution in [-0.2, 0) is 9.53 Å². The predicted octanol–water partition coefficient (Wildman–Crippen LogP) is 0.252. The van der Waals surface area contributed by atoms with Crippen molar-refractivity contribution in [1.29, 1.82) is 0 Å². The highest BCUT2D eigenvalue weighted by atomic mass is 16.5. The second-order valence-electron chi connectivity index (χ2n) is 2.54. The molecule has 0 spiro atoms. The number of hydrogen-bond donors (Lipinski definition) is 1. The molecule has 0 saturated heterocycles. The van der Waals surface area contributed by atoms with Crippen molar-refractivity contribution in [1.82, 2.24) is 0 Å². The van der Waals surface area contributed by atoms with E-state index in [1.807, 2.05) is 0 Å². The van der Waals surface area contributed by atoms with Crippen molar-refractivity contribution >= 4 is 5.78 Å². The second-order valence-corrected chi connectivity index (χ2v) is 2.54. The van der Waals surface area contributed by atoms with Crippen LogP contribution in [0.15, 0.2) is 18.2 Å². The SMILES string of the molecule is COC1(CCO)[C]=CC=CC1=O. The van der Waals surface area contributed by atoms with Gasteiger partial charge in [-0.05, 0) is 12.2 Å². The first-order valence-corrected chi connectivity index (χ1v) is 3.73. The summed E-state index contributed by atoms with van der Waals surface area (Å²) in [4.78, 5) is 11.3. The zero-order chi connectivity index (χ0) is 9.03. The fraction of sp³-hybridized carbons (Fsp3) is 0.444. The van der Waals surface area contributed by atoms with Crippen LogP contribution in [0, 0.1) is 6.08 Å². The molecule has 65 valence electrons. The van der Waals surface area contributed by atoms with Crippen LogP contribution in [-0.4, -0.2) is 30.2 Å². The molecule has 1 atom stereocenters. The molecule has 1 N–H and O–H groups in total. The van der Waals surface area contributed by atoms with Crippen molar-refractivity contribution < 1.29 is 14.6 Å². The van der Waals surface area contributed by atoms with Gasteiger partial charge in [0.05, 0.1) is 0 Å². The van der Waals surface area contributed by atoms with E-state index in [4.69, 9.17) is 9.84 Å². The fourth-order valence-corrected chi connectivity index (χ4v) is 1.14. The molecule has 3 nitrogen and oxygen atoms in total. The Morgan fingerprint density at radius 2 is 2.50 bits per heavy atom. The molecule has 0 aromatic carbocycles. The van der Waals surface area contributed by atoms with E-state index in [1.54, 1.807) is 12.2 Å². The summed E-state index contributed by atoms with van der Waals surface area (Å²) in [6.07, 6.45) is 7.70. The number of aliphatic hydroxyl groups excluding tert-OH is 1. The molecular weight excluding hydrogens is 156 g/mol. The third-order valence-corrected chi connectivity index (χ3v) is 1.87. The van der Waals surface area contributed by atoms with Gasteiger partial charge < -0.3 is 9.84 Å². The summed E-state index contributed by atoms with van der Waals surface area (Å²) in [7, 11) is 1.44. The highest BCUT2D eigenvalue weighted by molar-refractivity contribution is 5.99. The maximum atomic E-state index is 11.3. The number of carbonyl (C=O) groups is 1. The Morgan fingerprint density at radius 3 is 3.00 bits per heavy atom. The standard InChI is InChI=1S/C9H11O3/c1-12-9(6-7-10)5-3-2-4-8(9)11/h2-4,10H,6-7H2,1H3. The minimum atomic E-state index is -1.05. The largest absolute Gasteiger partial charge is 0.396 e. The third kappa shape index (κ3) is 1.47. The number of rotatable bonds is 3. The van der Waals surface area contributed by atoms with Gasteiger partial charge in [0.2, 0.25) is 0 Å². The van der Waals surface area contributed by atoms with Crippen molar-refractivity contribution in [2.24, 2.45) is 0 Å². The summed E-state index contributed by atoms with van der Waals surface area (Å²) in [5.74, 6) is -0.165. The van der Waals surface area contributed by atoms with Gasteiger partial charge in [-0.3, -0.25) is 4.79 Å². The van der Waals surface area contributed by atoms with Crippen LogP contribution in [0.4, 0.5) is 0 Å². The lowest BCUT2D eigenvalue weighted by Crippen LogP contribution is -2.40. The van der Waals surface area contributed by atoms with Crippen molar-refractivity contribution in [2.45, 2.75) is 12.0 Å². The second kappa shape index (κ2) is 3.65. The smallest absolute Gasteiger partial charge is 0.192 e. The minimum absolute atomic E-state index is 0.0890. The minimum Gasteiger partial charge on any atom is -0.396 e. The van der Waals surface area contributed by atoms with Gasteiger partial charge in [-0.1, -0.05) is 12.2 Å². The molecule has 0 heterocycles. The van der Waals surface area contributed by atoms with Gasteiger partial charge >= 0.3 is 0 Å². The first-order chi connectivity index (χ1) is 5.75. The van der Waals surface area contributed by atoms with Gasteiger partial charge in [0.15, 0.2) is 11.4 Å². The highest BCUT2D eigenvalue weighted by Crippen LogP contribution is 2.20. The van der Waals surface area contributed by atoms with Crippen LogP contribution in [0.25, 0.3) is 0 Å². The van der Waals surface area contributed by atoms with Crippen LogP contribution >= 0.6 is 0 Å². The molecule has 1 aliphatic rings. The van der Waals surface area contributed by atoms with Crippen molar-refractivity contribution in [3.05, 3.63) is 24.3 Å². The number of ketones is 1. The Bertz CT molecular complexity index is 230. The fourth-order valence-electron chi connectivity index (χ4n) is 1.14. The molecule has 0 aliphatic heterocycles. The van der Waals surface area contributed by atoms with Crippen LogP contribution in [0.2, 0.25) is 0 Å². The molecule has 1 rings (SSSR count). The zero-order valence-electron chi connectivity index (χ0n) is 6.91. The van der Waals surface area contributed by atoms with Gasteiger partial charge in [0, 0.05) is 20.1 Å². The average Bonchev–Trinajstić information content (AvgIpc) is 2.10. The number of methoxy groups -OCH3 is 1. The average molecular weight is 167 g/mol. The number of aliphatic hydroxyl groups is 1. The third-order valence-electron chi connectivity index (χ3n) is 1.87. The van der Waals surface area contributed by atoms with Gasteiger partial charge in [0.25, 0.3) is 0 Å². The van der Waals surface area contributed by atoms with Crippen molar-refractivity contribution in [2.75, 3.05) is 13.7 Å². The molecule has 12 heavy (non-hydrogen) atoms. The number of carbonyl (C=O) groups excluding carboxylic acids is 1. The summed E-state index contributed by atoms with van der Waals surface area (Å²) in [5, 5.41) is 8.72. The van der Waals surface area contributed by atoms with Gasteiger partial charge in [0.1, 0.15) is 0 Å². The molecule has 0 saturated carbocycles. The summed E-state index contributed by atoms with van der Waals surface area (Å²) < 4.78 is 5.03. The molecule has 1 radical (unpaired) electrons. The highest BCUT2D eigenvalue weighted by Gasteiger charge is 2.34.